The molecular formula is C5H8BFO3. The summed E-state index contributed by atoms with van der Waals surface area (Å²) < 4.78 is 17.3. The van der Waals surface area contributed by atoms with Crippen LogP contribution in [0, 0.1) is 0 Å². The molecule has 0 spiro atoms. The summed E-state index contributed by atoms with van der Waals surface area (Å²) >= 11 is 0. The van der Waals surface area contributed by atoms with Crippen LogP contribution in [-0.2, 0) is 4.74 Å². The highest BCUT2D eigenvalue weighted by atomic mass is 19.1. The zero-order valence-corrected chi connectivity index (χ0v) is 5.27. The van der Waals surface area contributed by atoms with E-state index < -0.39 is 31.0 Å². The Hall–Kier alpha value is -0.125. The lowest BCUT2D eigenvalue weighted by Gasteiger charge is -2.07. The Kier molecular flexibility index (Phi) is 2.28. The van der Waals surface area contributed by atoms with E-state index in [1.165, 1.54) is 0 Å². The molecule has 3 nitrogen and oxygen atoms in total. The molecule has 0 bridgehead atoms. The summed E-state index contributed by atoms with van der Waals surface area (Å²) in [6.45, 7) is -0.452. The SMILES string of the molecule is [B][C@@H]1O[C@H](CO)[C@H](F)C1O. The van der Waals surface area contributed by atoms with Crippen molar-refractivity contribution in [2.75, 3.05) is 6.61 Å². The Morgan fingerprint density at radius 1 is 1.60 bits per heavy atom. The average Bonchev–Trinajstić information content (AvgIpc) is 2.17. The summed E-state index contributed by atoms with van der Waals surface area (Å²) in [5.74, 6) is 0. The van der Waals surface area contributed by atoms with Crippen LogP contribution in [0.25, 0.3) is 0 Å². The predicted molar refractivity (Wildman–Crippen MR) is 32.4 cm³/mol. The van der Waals surface area contributed by atoms with Crippen LogP contribution in [0.2, 0.25) is 0 Å². The highest BCUT2D eigenvalue weighted by Crippen LogP contribution is 2.21. The number of aliphatic hydroxyl groups is 2. The van der Waals surface area contributed by atoms with E-state index >= 15 is 0 Å². The van der Waals surface area contributed by atoms with Gasteiger partial charge in [-0.2, -0.15) is 0 Å². The minimum Gasteiger partial charge on any atom is -0.394 e. The van der Waals surface area contributed by atoms with Crippen molar-refractivity contribution < 1.29 is 19.3 Å². The summed E-state index contributed by atoms with van der Waals surface area (Å²) in [7, 11) is 5.11. The summed E-state index contributed by atoms with van der Waals surface area (Å²) in [6, 6.07) is -1.01. The van der Waals surface area contributed by atoms with Crippen LogP contribution in [0.1, 0.15) is 0 Å². The van der Waals surface area contributed by atoms with Crippen LogP contribution in [-0.4, -0.2) is 49.0 Å². The number of alkyl halides is 1. The molecule has 10 heavy (non-hydrogen) atoms. The first-order valence-corrected chi connectivity index (χ1v) is 3.01. The highest BCUT2D eigenvalue weighted by Gasteiger charge is 2.40. The molecule has 0 aliphatic carbocycles. The van der Waals surface area contributed by atoms with Gasteiger partial charge in [0.1, 0.15) is 20.1 Å². The quantitative estimate of drug-likeness (QED) is 0.446. The monoisotopic (exact) mass is 146 g/mol. The standard InChI is InChI=1S/C5H8BFO3/c6-5-4(9)3(7)2(1-8)10-5/h2-5,8-9H,1H2/t2-,3+,4?,5-/m1/s1. The van der Waals surface area contributed by atoms with Gasteiger partial charge in [-0.25, -0.2) is 4.39 Å². The molecule has 0 saturated carbocycles. The fourth-order valence-corrected chi connectivity index (χ4v) is 0.902. The molecule has 2 radical (unpaired) electrons. The summed E-state index contributed by atoms with van der Waals surface area (Å²) in [6.07, 6.45) is -3.85. The number of hydrogen-bond donors (Lipinski definition) is 2. The van der Waals surface area contributed by atoms with Gasteiger partial charge in [-0.05, 0) is 0 Å². The third kappa shape index (κ3) is 1.16. The lowest BCUT2D eigenvalue weighted by Crippen LogP contribution is -2.30. The van der Waals surface area contributed by atoms with E-state index in [0.29, 0.717) is 0 Å². The predicted octanol–water partition coefficient (Wildman–Crippen LogP) is -1.43. The van der Waals surface area contributed by atoms with Crippen LogP contribution in [0.4, 0.5) is 4.39 Å². The molecule has 1 rings (SSSR count). The van der Waals surface area contributed by atoms with Crippen molar-refractivity contribution in [2.24, 2.45) is 0 Å². The largest absolute Gasteiger partial charge is 0.394 e. The zero-order chi connectivity index (χ0) is 7.72. The van der Waals surface area contributed by atoms with Gasteiger partial charge in [-0.3, -0.25) is 0 Å². The van der Waals surface area contributed by atoms with E-state index in [1.54, 1.807) is 0 Å². The molecule has 1 heterocycles. The van der Waals surface area contributed by atoms with E-state index in [1.807, 2.05) is 0 Å². The van der Waals surface area contributed by atoms with Crippen molar-refractivity contribution in [1.29, 1.82) is 0 Å². The molecule has 5 heteroatoms. The molecule has 56 valence electrons. The molecule has 1 unspecified atom stereocenters. The van der Waals surface area contributed by atoms with E-state index in [0.717, 1.165) is 0 Å². The molecule has 0 aromatic heterocycles. The van der Waals surface area contributed by atoms with Gasteiger partial charge in [0.25, 0.3) is 0 Å². The van der Waals surface area contributed by atoms with Crippen molar-refractivity contribution in [3.8, 4) is 0 Å². The average molecular weight is 146 g/mol. The molecule has 0 amide bonds. The molecular weight excluding hydrogens is 138 g/mol. The van der Waals surface area contributed by atoms with Gasteiger partial charge in [0.05, 0.1) is 6.61 Å². The zero-order valence-electron chi connectivity index (χ0n) is 5.27. The van der Waals surface area contributed by atoms with Crippen LogP contribution in [0.5, 0.6) is 0 Å². The number of hydrogen-bond acceptors (Lipinski definition) is 3. The van der Waals surface area contributed by atoms with Gasteiger partial charge in [0, 0.05) is 6.00 Å². The van der Waals surface area contributed by atoms with E-state index in [4.69, 9.17) is 18.1 Å². The molecule has 0 aromatic rings. The maximum atomic E-state index is 12.6. The lowest BCUT2D eigenvalue weighted by atomic mass is 9.94. The first-order valence-electron chi connectivity index (χ1n) is 3.01. The number of ether oxygens (including phenoxy) is 1. The topological polar surface area (TPSA) is 49.7 Å². The number of halogens is 1. The third-order valence-corrected chi connectivity index (χ3v) is 1.53. The Labute approximate surface area is 59.2 Å². The van der Waals surface area contributed by atoms with Crippen molar-refractivity contribution >= 4 is 7.85 Å². The van der Waals surface area contributed by atoms with Gasteiger partial charge < -0.3 is 14.9 Å². The third-order valence-electron chi connectivity index (χ3n) is 1.53. The van der Waals surface area contributed by atoms with E-state index in [-0.39, 0.29) is 0 Å². The second-order valence-corrected chi connectivity index (χ2v) is 2.26. The minimum absolute atomic E-state index is 0.452. The fourth-order valence-electron chi connectivity index (χ4n) is 0.902. The minimum atomic E-state index is -1.57. The van der Waals surface area contributed by atoms with E-state index in [2.05, 4.69) is 4.74 Å². The Morgan fingerprint density at radius 3 is 2.40 bits per heavy atom. The maximum absolute atomic E-state index is 12.6. The maximum Gasteiger partial charge on any atom is 0.156 e. The van der Waals surface area contributed by atoms with Crippen molar-refractivity contribution in [2.45, 2.75) is 24.4 Å². The van der Waals surface area contributed by atoms with Crippen molar-refractivity contribution in [3.63, 3.8) is 0 Å². The van der Waals surface area contributed by atoms with Crippen LogP contribution >= 0.6 is 0 Å². The molecule has 1 aliphatic rings. The fraction of sp³-hybridized carbons (Fsp3) is 1.00. The number of aliphatic hydroxyl groups excluding tert-OH is 2. The summed E-state index contributed by atoms with van der Waals surface area (Å²) in [4.78, 5) is 0. The van der Waals surface area contributed by atoms with Crippen molar-refractivity contribution in [3.05, 3.63) is 0 Å². The summed E-state index contributed by atoms with van der Waals surface area (Å²) in [5, 5.41) is 17.3. The van der Waals surface area contributed by atoms with Gasteiger partial charge in [-0.15, -0.1) is 0 Å². The van der Waals surface area contributed by atoms with Crippen molar-refractivity contribution in [1.82, 2.24) is 0 Å². The molecule has 0 aromatic carbocycles. The molecule has 4 atom stereocenters. The molecule has 2 N–H and O–H groups in total. The lowest BCUT2D eigenvalue weighted by molar-refractivity contribution is 0.0184. The first-order chi connectivity index (χ1) is 4.66. The Morgan fingerprint density at radius 2 is 2.20 bits per heavy atom. The van der Waals surface area contributed by atoms with Crippen LogP contribution < -0.4 is 0 Å². The summed E-state index contributed by atoms with van der Waals surface area (Å²) in [5.41, 5.74) is 0. The Balaban J connectivity index is 2.53. The second-order valence-electron chi connectivity index (χ2n) is 2.26. The van der Waals surface area contributed by atoms with Crippen LogP contribution in [0.15, 0.2) is 0 Å². The normalized spacial score (nSPS) is 47.9. The molecule has 1 aliphatic heterocycles. The Bertz CT molecular complexity index is 123. The molecule has 1 fully saturated rings. The first kappa shape index (κ1) is 7.98. The van der Waals surface area contributed by atoms with E-state index in [9.17, 15) is 4.39 Å². The van der Waals surface area contributed by atoms with Gasteiger partial charge in [-0.1, -0.05) is 0 Å². The second kappa shape index (κ2) is 2.86. The van der Waals surface area contributed by atoms with Gasteiger partial charge >= 0.3 is 0 Å². The van der Waals surface area contributed by atoms with Crippen LogP contribution in [0.3, 0.4) is 0 Å². The van der Waals surface area contributed by atoms with Gasteiger partial charge in [0.2, 0.25) is 0 Å². The highest BCUT2D eigenvalue weighted by molar-refractivity contribution is 6.11. The van der Waals surface area contributed by atoms with Gasteiger partial charge in [0.15, 0.2) is 6.17 Å². The molecule has 1 saturated heterocycles. The number of rotatable bonds is 1. The smallest absolute Gasteiger partial charge is 0.156 e.